The molecule has 0 saturated heterocycles. The molecule has 1 aromatic rings. The Morgan fingerprint density at radius 3 is 2.43 bits per heavy atom. The van der Waals surface area contributed by atoms with Gasteiger partial charge in [0.1, 0.15) is 0 Å². The molecule has 76 valence electrons. The molecule has 14 heavy (non-hydrogen) atoms. The summed E-state index contributed by atoms with van der Waals surface area (Å²) < 4.78 is 0. The number of benzene rings is 1. The molecule has 3 nitrogen and oxygen atoms in total. The predicted molar refractivity (Wildman–Crippen MR) is 57.8 cm³/mol. The van der Waals surface area contributed by atoms with Gasteiger partial charge in [-0.1, -0.05) is 29.3 Å². The number of nitrogens with two attached hydrogens (primary N) is 1. The first-order valence-electron chi connectivity index (χ1n) is 4.09. The molecular formula is C9H10Cl2N2O. The molecule has 0 unspecified atom stereocenters. The molecule has 0 aliphatic heterocycles. The zero-order valence-corrected chi connectivity index (χ0v) is 8.90. The number of amides is 1. The standard InChI is InChI=1S/C9H10Cl2N2O/c10-6-2-1-3-7(11)8(6)9(14)13-5-4-12/h1-3H,4-5,12H2,(H,13,14). The molecule has 0 aliphatic carbocycles. The van der Waals surface area contributed by atoms with Crippen molar-refractivity contribution in [3.8, 4) is 0 Å². The molecule has 0 spiro atoms. The first kappa shape index (κ1) is 11.3. The predicted octanol–water partition coefficient (Wildman–Crippen LogP) is 1.68. The molecule has 1 aromatic carbocycles. The van der Waals surface area contributed by atoms with Gasteiger partial charge in [0.05, 0.1) is 15.6 Å². The minimum absolute atomic E-state index is 0.296. The third-order valence-electron chi connectivity index (χ3n) is 1.62. The van der Waals surface area contributed by atoms with E-state index in [4.69, 9.17) is 28.9 Å². The van der Waals surface area contributed by atoms with E-state index in [-0.39, 0.29) is 5.91 Å². The van der Waals surface area contributed by atoms with E-state index < -0.39 is 0 Å². The third-order valence-corrected chi connectivity index (χ3v) is 2.25. The van der Waals surface area contributed by atoms with Crippen LogP contribution in [0.25, 0.3) is 0 Å². The van der Waals surface area contributed by atoms with Crippen LogP contribution in [0.2, 0.25) is 10.0 Å². The van der Waals surface area contributed by atoms with E-state index in [1.807, 2.05) is 0 Å². The minimum Gasteiger partial charge on any atom is -0.351 e. The summed E-state index contributed by atoms with van der Waals surface area (Å²) in [6.45, 7) is 0.786. The number of carbonyl (C=O) groups excluding carboxylic acids is 1. The van der Waals surface area contributed by atoms with E-state index in [0.29, 0.717) is 28.7 Å². The second-order valence-electron chi connectivity index (χ2n) is 2.64. The summed E-state index contributed by atoms with van der Waals surface area (Å²) >= 11 is 11.7. The van der Waals surface area contributed by atoms with Gasteiger partial charge in [0.2, 0.25) is 0 Å². The maximum Gasteiger partial charge on any atom is 0.254 e. The van der Waals surface area contributed by atoms with Gasteiger partial charge < -0.3 is 11.1 Å². The highest BCUT2D eigenvalue weighted by Crippen LogP contribution is 2.23. The molecule has 0 heterocycles. The zero-order chi connectivity index (χ0) is 10.6. The molecule has 0 fully saturated rings. The minimum atomic E-state index is -0.300. The Balaban J connectivity index is 2.89. The molecule has 0 aromatic heterocycles. The average molecular weight is 233 g/mol. The summed E-state index contributed by atoms with van der Waals surface area (Å²) in [5, 5.41) is 3.28. The molecule has 0 radical (unpaired) electrons. The van der Waals surface area contributed by atoms with Crippen molar-refractivity contribution >= 4 is 29.1 Å². The molecule has 3 N–H and O–H groups in total. The lowest BCUT2D eigenvalue weighted by Crippen LogP contribution is -2.29. The topological polar surface area (TPSA) is 55.1 Å². The Morgan fingerprint density at radius 2 is 1.93 bits per heavy atom. The summed E-state index contributed by atoms with van der Waals surface area (Å²) in [5.41, 5.74) is 5.55. The highest BCUT2D eigenvalue weighted by molar-refractivity contribution is 6.39. The van der Waals surface area contributed by atoms with Gasteiger partial charge in [0.25, 0.3) is 5.91 Å². The van der Waals surface area contributed by atoms with Crippen LogP contribution < -0.4 is 11.1 Å². The molecular weight excluding hydrogens is 223 g/mol. The first-order valence-corrected chi connectivity index (χ1v) is 4.84. The van der Waals surface area contributed by atoms with Crippen LogP contribution in [0.1, 0.15) is 10.4 Å². The van der Waals surface area contributed by atoms with Gasteiger partial charge in [0.15, 0.2) is 0 Å². The Labute approximate surface area is 92.2 Å². The fraction of sp³-hybridized carbons (Fsp3) is 0.222. The second kappa shape index (κ2) is 5.20. The maximum absolute atomic E-state index is 11.5. The highest BCUT2D eigenvalue weighted by atomic mass is 35.5. The Morgan fingerprint density at radius 1 is 1.36 bits per heavy atom. The number of nitrogens with one attached hydrogen (secondary N) is 1. The smallest absolute Gasteiger partial charge is 0.254 e. The Hall–Kier alpha value is -0.770. The highest BCUT2D eigenvalue weighted by Gasteiger charge is 2.13. The van der Waals surface area contributed by atoms with Crippen molar-refractivity contribution < 1.29 is 4.79 Å². The third kappa shape index (κ3) is 2.61. The lowest BCUT2D eigenvalue weighted by Gasteiger charge is -2.06. The van der Waals surface area contributed by atoms with Crippen molar-refractivity contribution in [2.75, 3.05) is 13.1 Å². The molecule has 0 bridgehead atoms. The number of carbonyl (C=O) groups is 1. The first-order chi connectivity index (χ1) is 6.66. The Kier molecular flexibility index (Phi) is 4.20. The number of rotatable bonds is 3. The summed E-state index contributed by atoms with van der Waals surface area (Å²) in [6.07, 6.45) is 0. The number of hydrogen-bond acceptors (Lipinski definition) is 2. The van der Waals surface area contributed by atoms with Crippen molar-refractivity contribution in [3.05, 3.63) is 33.8 Å². The van der Waals surface area contributed by atoms with Gasteiger partial charge in [-0.15, -0.1) is 0 Å². The summed E-state index contributed by atoms with van der Waals surface area (Å²) in [4.78, 5) is 11.5. The van der Waals surface area contributed by atoms with Crippen LogP contribution in [0.3, 0.4) is 0 Å². The number of hydrogen-bond donors (Lipinski definition) is 2. The van der Waals surface area contributed by atoms with Crippen molar-refractivity contribution in [1.29, 1.82) is 0 Å². The molecule has 1 rings (SSSR count). The van der Waals surface area contributed by atoms with Gasteiger partial charge >= 0.3 is 0 Å². The van der Waals surface area contributed by atoms with Gasteiger partial charge in [0, 0.05) is 13.1 Å². The summed E-state index contributed by atoms with van der Waals surface area (Å²) in [5.74, 6) is -0.300. The monoisotopic (exact) mass is 232 g/mol. The van der Waals surface area contributed by atoms with E-state index in [1.165, 1.54) is 0 Å². The number of halogens is 2. The zero-order valence-electron chi connectivity index (χ0n) is 7.39. The largest absolute Gasteiger partial charge is 0.351 e. The molecule has 5 heteroatoms. The molecule has 1 amide bonds. The molecule has 0 saturated carbocycles. The van der Waals surface area contributed by atoms with Crippen LogP contribution in [0.4, 0.5) is 0 Å². The van der Waals surface area contributed by atoms with Crippen LogP contribution in [0.15, 0.2) is 18.2 Å². The van der Waals surface area contributed by atoms with Crippen LogP contribution in [-0.4, -0.2) is 19.0 Å². The van der Waals surface area contributed by atoms with E-state index in [0.717, 1.165) is 0 Å². The van der Waals surface area contributed by atoms with E-state index in [9.17, 15) is 4.79 Å². The fourth-order valence-corrected chi connectivity index (χ4v) is 1.56. The summed E-state index contributed by atoms with van der Waals surface area (Å²) in [7, 11) is 0. The molecule has 0 atom stereocenters. The fourth-order valence-electron chi connectivity index (χ4n) is 0.989. The van der Waals surface area contributed by atoms with Crippen LogP contribution in [0.5, 0.6) is 0 Å². The van der Waals surface area contributed by atoms with Crippen LogP contribution >= 0.6 is 23.2 Å². The second-order valence-corrected chi connectivity index (χ2v) is 3.46. The van der Waals surface area contributed by atoms with E-state index in [2.05, 4.69) is 5.32 Å². The van der Waals surface area contributed by atoms with Crippen molar-refractivity contribution in [2.45, 2.75) is 0 Å². The van der Waals surface area contributed by atoms with Crippen molar-refractivity contribution in [1.82, 2.24) is 5.32 Å². The van der Waals surface area contributed by atoms with E-state index in [1.54, 1.807) is 18.2 Å². The van der Waals surface area contributed by atoms with Crippen molar-refractivity contribution in [3.63, 3.8) is 0 Å². The van der Waals surface area contributed by atoms with Crippen LogP contribution in [0, 0.1) is 0 Å². The lowest BCUT2D eigenvalue weighted by atomic mass is 10.2. The van der Waals surface area contributed by atoms with Gasteiger partial charge in [-0.2, -0.15) is 0 Å². The van der Waals surface area contributed by atoms with Gasteiger partial charge in [-0.05, 0) is 12.1 Å². The van der Waals surface area contributed by atoms with Crippen molar-refractivity contribution in [2.24, 2.45) is 5.73 Å². The summed E-state index contributed by atoms with van der Waals surface area (Å²) in [6, 6.07) is 4.92. The maximum atomic E-state index is 11.5. The van der Waals surface area contributed by atoms with Gasteiger partial charge in [-0.3, -0.25) is 4.79 Å². The average Bonchev–Trinajstić information content (AvgIpc) is 2.14. The quantitative estimate of drug-likeness (QED) is 0.834. The SMILES string of the molecule is NCCNC(=O)c1c(Cl)cccc1Cl. The van der Waals surface area contributed by atoms with Gasteiger partial charge in [-0.25, -0.2) is 0 Å². The molecule has 0 aliphatic rings. The lowest BCUT2D eigenvalue weighted by molar-refractivity contribution is 0.0955. The Bertz CT molecular complexity index is 321. The van der Waals surface area contributed by atoms with E-state index >= 15 is 0 Å². The van der Waals surface area contributed by atoms with Crippen LogP contribution in [-0.2, 0) is 0 Å². The normalized spacial score (nSPS) is 9.93.